The second kappa shape index (κ2) is 6.99. The monoisotopic (exact) mass is 404 g/mol. The van der Waals surface area contributed by atoms with Crippen molar-refractivity contribution in [2.75, 3.05) is 7.11 Å². The fraction of sp³-hybridized carbons (Fsp3) is 0.273. The predicted octanol–water partition coefficient (Wildman–Crippen LogP) is 3.16. The van der Waals surface area contributed by atoms with Gasteiger partial charge in [0, 0.05) is 27.6 Å². The van der Waals surface area contributed by atoms with Gasteiger partial charge in [0.15, 0.2) is 5.92 Å². The highest BCUT2D eigenvalue weighted by Gasteiger charge is 2.28. The lowest BCUT2D eigenvalue weighted by molar-refractivity contribution is -0.143. The van der Waals surface area contributed by atoms with Gasteiger partial charge < -0.3 is 9.47 Å². The van der Waals surface area contributed by atoms with Crippen LogP contribution >= 0.6 is 34.2 Å². The van der Waals surface area contributed by atoms with E-state index in [2.05, 4.69) is 9.47 Å². The van der Waals surface area contributed by atoms with Crippen molar-refractivity contribution in [3.05, 3.63) is 28.8 Å². The molecular formula is C11H8ClF2IO4. The maximum Gasteiger partial charge on any atom is 0.387 e. The summed E-state index contributed by atoms with van der Waals surface area (Å²) in [7, 11) is 1.12. The number of methoxy groups -OCH3 is 1. The number of carbonyl (C=O) groups is 2. The van der Waals surface area contributed by atoms with Crippen molar-refractivity contribution in [3.8, 4) is 5.75 Å². The average molecular weight is 405 g/mol. The summed E-state index contributed by atoms with van der Waals surface area (Å²) in [6.07, 6.45) is 0. The zero-order chi connectivity index (χ0) is 14.6. The van der Waals surface area contributed by atoms with Crippen molar-refractivity contribution in [3.63, 3.8) is 0 Å². The van der Waals surface area contributed by atoms with Gasteiger partial charge >= 0.3 is 12.6 Å². The Kier molecular flexibility index (Phi) is 5.92. The Labute approximate surface area is 126 Å². The van der Waals surface area contributed by atoms with Gasteiger partial charge in [-0.3, -0.25) is 9.59 Å². The molecular weight excluding hydrogens is 396 g/mol. The zero-order valence-corrected chi connectivity index (χ0v) is 12.4. The van der Waals surface area contributed by atoms with E-state index in [4.69, 9.17) is 11.6 Å². The second-order valence-corrected chi connectivity index (χ2v) is 4.86. The van der Waals surface area contributed by atoms with Gasteiger partial charge in [-0.2, -0.15) is 8.78 Å². The number of hydrogen-bond donors (Lipinski definition) is 0. The molecule has 19 heavy (non-hydrogen) atoms. The highest BCUT2D eigenvalue weighted by atomic mass is 127. The van der Waals surface area contributed by atoms with E-state index in [-0.39, 0.29) is 16.3 Å². The van der Waals surface area contributed by atoms with E-state index < -0.39 is 22.3 Å². The summed E-state index contributed by atoms with van der Waals surface area (Å²) in [4.78, 5) is 23.0. The lowest BCUT2D eigenvalue weighted by Gasteiger charge is -2.13. The molecule has 0 radical (unpaired) electrons. The van der Waals surface area contributed by atoms with Gasteiger partial charge in [-0.25, -0.2) is 0 Å². The standard InChI is InChI=1S/C11H8ClF2IO4/c1-18-10(17)8(9(15)16)5-2-6(12)4-7(3-5)19-11(13)14/h2-4,8,11H,1H3. The molecule has 1 atom stereocenters. The molecule has 0 fully saturated rings. The molecule has 0 aliphatic rings. The van der Waals surface area contributed by atoms with Crippen LogP contribution in [0.3, 0.4) is 0 Å². The molecule has 0 aliphatic carbocycles. The van der Waals surface area contributed by atoms with Gasteiger partial charge in [-0.1, -0.05) is 11.6 Å². The van der Waals surface area contributed by atoms with E-state index in [1.807, 2.05) is 0 Å². The fourth-order valence-electron chi connectivity index (χ4n) is 1.40. The molecule has 0 aliphatic heterocycles. The van der Waals surface area contributed by atoms with Crippen LogP contribution in [0.25, 0.3) is 0 Å². The van der Waals surface area contributed by atoms with Gasteiger partial charge in [-0.15, -0.1) is 0 Å². The number of rotatable bonds is 5. The molecule has 4 nitrogen and oxygen atoms in total. The Balaban J connectivity index is 3.19. The van der Waals surface area contributed by atoms with E-state index in [0.29, 0.717) is 0 Å². The van der Waals surface area contributed by atoms with Gasteiger partial charge in [0.2, 0.25) is 3.79 Å². The molecule has 1 aromatic carbocycles. The van der Waals surface area contributed by atoms with Crippen molar-refractivity contribution in [1.82, 2.24) is 0 Å². The Morgan fingerprint density at radius 3 is 2.42 bits per heavy atom. The first-order valence-electron chi connectivity index (χ1n) is 4.87. The van der Waals surface area contributed by atoms with Crippen molar-refractivity contribution in [1.29, 1.82) is 0 Å². The summed E-state index contributed by atoms with van der Waals surface area (Å²) in [6, 6.07) is 3.62. The zero-order valence-electron chi connectivity index (χ0n) is 9.53. The van der Waals surface area contributed by atoms with Crippen molar-refractivity contribution >= 4 is 44.0 Å². The minimum atomic E-state index is -3.03. The molecule has 0 spiro atoms. The fourth-order valence-corrected chi connectivity index (χ4v) is 2.25. The first-order valence-corrected chi connectivity index (χ1v) is 6.33. The van der Waals surface area contributed by atoms with Crippen LogP contribution in [0.2, 0.25) is 5.02 Å². The van der Waals surface area contributed by atoms with Crippen molar-refractivity contribution in [2.45, 2.75) is 12.5 Å². The summed E-state index contributed by atoms with van der Waals surface area (Å²) in [5.74, 6) is -2.27. The molecule has 0 aromatic heterocycles. The number of esters is 1. The molecule has 0 saturated heterocycles. The van der Waals surface area contributed by atoms with E-state index in [1.165, 1.54) is 28.7 Å². The minimum absolute atomic E-state index is 0.0692. The topological polar surface area (TPSA) is 52.6 Å². The van der Waals surface area contributed by atoms with Crippen LogP contribution in [0.1, 0.15) is 11.5 Å². The number of ether oxygens (including phenoxy) is 2. The third-order valence-corrected chi connectivity index (χ3v) is 2.96. The van der Waals surface area contributed by atoms with Crippen molar-refractivity contribution in [2.24, 2.45) is 0 Å². The molecule has 0 bridgehead atoms. The molecule has 104 valence electrons. The predicted molar refractivity (Wildman–Crippen MR) is 71.9 cm³/mol. The summed E-state index contributed by atoms with van der Waals surface area (Å²) in [6.45, 7) is -3.03. The van der Waals surface area contributed by atoms with E-state index in [0.717, 1.165) is 19.2 Å². The average Bonchev–Trinajstić information content (AvgIpc) is 2.26. The van der Waals surface area contributed by atoms with E-state index >= 15 is 0 Å². The number of carbonyl (C=O) groups excluding carboxylic acids is 2. The smallest absolute Gasteiger partial charge is 0.387 e. The first kappa shape index (κ1) is 16.1. The Hall–Kier alpha value is -0.960. The maximum atomic E-state index is 12.1. The molecule has 8 heteroatoms. The summed E-state index contributed by atoms with van der Waals surface area (Å²) in [5.41, 5.74) is 0.134. The highest BCUT2D eigenvalue weighted by molar-refractivity contribution is 14.1. The van der Waals surface area contributed by atoms with Crippen LogP contribution in [0.5, 0.6) is 5.75 Å². The quantitative estimate of drug-likeness (QED) is 0.327. The third-order valence-electron chi connectivity index (χ3n) is 2.12. The number of halogens is 4. The van der Waals surface area contributed by atoms with Crippen LogP contribution in [0.15, 0.2) is 18.2 Å². The summed E-state index contributed by atoms with van der Waals surface area (Å²) in [5, 5.41) is 0.0692. The Bertz CT molecular complexity index is 496. The number of hydrogen-bond acceptors (Lipinski definition) is 4. The molecule has 0 amide bonds. The number of benzene rings is 1. The lowest BCUT2D eigenvalue weighted by atomic mass is 10.0. The first-order chi connectivity index (χ1) is 8.85. The normalized spacial score (nSPS) is 12.1. The third kappa shape index (κ3) is 4.57. The minimum Gasteiger partial charge on any atom is -0.468 e. The number of alkyl halides is 2. The van der Waals surface area contributed by atoms with Crippen LogP contribution < -0.4 is 4.74 Å². The molecule has 0 N–H and O–H groups in total. The summed E-state index contributed by atoms with van der Waals surface area (Å²) >= 11 is 7.16. The Morgan fingerprint density at radius 1 is 1.32 bits per heavy atom. The largest absolute Gasteiger partial charge is 0.468 e. The maximum absolute atomic E-state index is 12.1. The summed E-state index contributed by atoms with van der Waals surface area (Å²) < 4.78 is 32.5. The highest BCUT2D eigenvalue weighted by Crippen LogP contribution is 2.29. The van der Waals surface area contributed by atoms with E-state index in [1.54, 1.807) is 0 Å². The lowest BCUT2D eigenvalue weighted by Crippen LogP contribution is -2.19. The molecule has 1 unspecified atom stereocenters. The van der Waals surface area contributed by atoms with Gasteiger partial charge in [0.25, 0.3) is 0 Å². The Morgan fingerprint density at radius 2 is 1.95 bits per heavy atom. The van der Waals surface area contributed by atoms with E-state index in [9.17, 15) is 18.4 Å². The van der Waals surface area contributed by atoms with Crippen molar-refractivity contribution < 1.29 is 27.8 Å². The van der Waals surface area contributed by atoms with Crippen LogP contribution in [-0.4, -0.2) is 23.5 Å². The molecule has 0 heterocycles. The van der Waals surface area contributed by atoms with Gasteiger partial charge in [0.05, 0.1) is 7.11 Å². The van der Waals surface area contributed by atoms with Gasteiger partial charge in [0.1, 0.15) is 5.75 Å². The van der Waals surface area contributed by atoms with Crippen LogP contribution in [0, 0.1) is 0 Å². The molecule has 1 rings (SSSR count). The van der Waals surface area contributed by atoms with Crippen LogP contribution in [0.4, 0.5) is 8.78 Å². The second-order valence-electron chi connectivity index (χ2n) is 3.36. The SMILES string of the molecule is COC(=O)C(C(=O)I)c1cc(Cl)cc(OC(F)F)c1. The molecule has 1 aromatic rings. The van der Waals surface area contributed by atoms with Crippen LogP contribution in [-0.2, 0) is 14.3 Å². The van der Waals surface area contributed by atoms with Gasteiger partial charge in [-0.05, 0) is 23.8 Å². The molecule has 0 saturated carbocycles.